The molecule has 0 unspecified atom stereocenters. The normalized spacial score (nSPS) is 10.6. The van der Waals surface area contributed by atoms with Gasteiger partial charge in [0.05, 0.1) is 13.2 Å². The Bertz CT molecular complexity index is 410. The molecule has 0 aliphatic rings. The lowest BCUT2D eigenvalue weighted by atomic mass is 10.3. The first-order chi connectivity index (χ1) is 9.61. The molecule has 0 saturated carbocycles. The zero-order valence-electron chi connectivity index (χ0n) is 12.4. The summed E-state index contributed by atoms with van der Waals surface area (Å²) in [5, 5.41) is 2.86. The van der Waals surface area contributed by atoms with E-state index in [-0.39, 0.29) is 5.91 Å². The Morgan fingerprint density at radius 1 is 1.45 bits per heavy atom. The molecular formula is C15H25N3O2. The molecule has 5 nitrogen and oxygen atoms in total. The Morgan fingerprint density at radius 2 is 2.25 bits per heavy atom. The fraction of sp³-hybridized carbons (Fsp3) is 0.533. The van der Waals surface area contributed by atoms with Crippen LogP contribution in [0, 0.1) is 0 Å². The number of ether oxygens (including phenoxy) is 1. The Kier molecular flexibility index (Phi) is 7.50. The molecule has 1 amide bonds. The summed E-state index contributed by atoms with van der Waals surface area (Å²) in [6.07, 6.45) is 1.83. The molecule has 1 aromatic rings. The van der Waals surface area contributed by atoms with Crippen LogP contribution in [0.2, 0.25) is 0 Å². The molecule has 0 fully saturated rings. The standard InChI is InChI=1S/C15H25N3O2/c1-3-8-17-15(19)12-18(2)9-5-10-20-14-7-4-6-13(16)11-14/h4,6-7,11H,3,5,8-10,12,16H2,1-2H3,(H,17,19). The lowest BCUT2D eigenvalue weighted by Crippen LogP contribution is -2.36. The largest absolute Gasteiger partial charge is 0.493 e. The highest BCUT2D eigenvalue weighted by Gasteiger charge is 2.05. The number of nitrogens with zero attached hydrogens (tertiary/aromatic N) is 1. The summed E-state index contributed by atoms with van der Waals surface area (Å²) < 4.78 is 5.60. The van der Waals surface area contributed by atoms with Gasteiger partial charge < -0.3 is 15.8 Å². The van der Waals surface area contributed by atoms with Crippen molar-refractivity contribution in [3.05, 3.63) is 24.3 Å². The van der Waals surface area contributed by atoms with Crippen molar-refractivity contribution in [2.45, 2.75) is 19.8 Å². The number of nitrogens with one attached hydrogen (secondary N) is 1. The number of nitrogen functional groups attached to an aromatic ring is 1. The molecule has 0 saturated heterocycles. The van der Waals surface area contributed by atoms with E-state index < -0.39 is 0 Å². The molecule has 0 aliphatic heterocycles. The van der Waals surface area contributed by atoms with Gasteiger partial charge in [-0.25, -0.2) is 0 Å². The zero-order chi connectivity index (χ0) is 14.8. The van der Waals surface area contributed by atoms with Crippen LogP contribution in [-0.2, 0) is 4.79 Å². The van der Waals surface area contributed by atoms with Crippen LogP contribution in [0.1, 0.15) is 19.8 Å². The number of carbonyl (C=O) groups is 1. The van der Waals surface area contributed by atoms with Gasteiger partial charge in [0.1, 0.15) is 5.75 Å². The summed E-state index contributed by atoms with van der Waals surface area (Å²) >= 11 is 0. The van der Waals surface area contributed by atoms with Crippen LogP contribution in [0.3, 0.4) is 0 Å². The summed E-state index contributed by atoms with van der Waals surface area (Å²) in [5.74, 6) is 0.861. The van der Waals surface area contributed by atoms with Crippen molar-refractivity contribution in [1.29, 1.82) is 0 Å². The zero-order valence-corrected chi connectivity index (χ0v) is 12.4. The van der Waals surface area contributed by atoms with Crippen molar-refractivity contribution in [2.24, 2.45) is 0 Å². The summed E-state index contributed by atoms with van der Waals surface area (Å²) in [4.78, 5) is 13.5. The van der Waals surface area contributed by atoms with Crippen LogP contribution in [0.15, 0.2) is 24.3 Å². The minimum Gasteiger partial charge on any atom is -0.493 e. The van der Waals surface area contributed by atoms with Gasteiger partial charge >= 0.3 is 0 Å². The van der Waals surface area contributed by atoms with Crippen molar-refractivity contribution in [3.63, 3.8) is 0 Å². The Balaban J connectivity index is 2.12. The number of anilines is 1. The first kappa shape index (κ1) is 16.3. The van der Waals surface area contributed by atoms with Crippen LogP contribution < -0.4 is 15.8 Å². The summed E-state index contributed by atoms with van der Waals surface area (Å²) in [5.41, 5.74) is 6.37. The van der Waals surface area contributed by atoms with Gasteiger partial charge in [0.25, 0.3) is 0 Å². The minimum atomic E-state index is 0.0751. The molecule has 0 heterocycles. The number of carbonyl (C=O) groups excluding carboxylic acids is 1. The van der Waals surface area contributed by atoms with E-state index in [9.17, 15) is 4.79 Å². The number of amides is 1. The van der Waals surface area contributed by atoms with Crippen molar-refractivity contribution in [1.82, 2.24) is 10.2 Å². The number of likely N-dealkylation sites (N-methyl/N-ethyl adjacent to an activating group) is 1. The first-order valence-corrected chi connectivity index (χ1v) is 7.05. The molecule has 112 valence electrons. The van der Waals surface area contributed by atoms with Crippen LogP contribution in [0.4, 0.5) is 5.69 Å². The maximum Gasteiger partial charge on any atom is 0.234 e. The number of hydrogen-bond donors (Lipinski definition) is 2. The topological polar surface area (TPSA) is 67.6 Å². The number of benzene rings is 1. The third-order valence-corrected chi connectivity index (χ3v) is 2.80. The predicted octanol–water partition coefficient (Wildman–Crippen LogP) is 1.50. The Hall–Kier alpha value is -1.75. The maximum absolute atomic E-state index is 11.5. The van der Waals surface area contributed by atoms with Crippen LogP contribution in [0.25, 0.3) is 0 Å². The molecule has 0 radical (unpaired) electrons. The van der Waals surface area contributed by atoms with Crippen molar-refractivity contribution >= 4 is 11.6 Å². The van der Waals surface area contributed by atoms with Gasteiger partial charge in [-0.05, 0) is 32.0 Å². The monoisotopic (exact) mass is 279 g/mol. The second kappa shape index (κ2) is 9.20. The summed E-state index contributed by atoms with van der Waals surface area (Å²) in [7, 11) is 1.94. The summed E-state index contributed by atoms with van der Waals surface area (Å²) in [6, 6.07) is 7.39. The molecule has 3 N–H and O–H groups in total. The third-order valence-electron chi connectivity index (χ3n) is 2.80. The lowest BCUT2D eigenvalue weighted by Gasteiger charge is -2.16. The fourth-order valence-corrected chi connectivity index (χ4v) is 1.77. The van der Waals surface area contributed by atoms with E-state index in [2.05, 4.69) is 5.32 Å². The first-order valence-electron chi connectivity index (χ1n) is 7.05. The molecule has 0 spiro atoms. The lowest BCUT2D eigenvalue weighted by molar-refractivity contribution is -0.121. The minimum absolute atomic E-state index is 0.0751. The van der Waals surface area contributed by atoms with E-state index in [1.165, 1.54) is 0 Å². The fourth-order valence-electron chi connectivity index (χ4n) is 1.77. The third kappa shape index (κ3) is 6.99. The second-order valence-electron chi connectivity index (χ2n) is 4.86. The molecule has 0 bridgehead atoms. The van der Waals surface area contributed by atoms with Gasteiger partial charge in [-0.15, -0.1) is 0 Å². The van der Waals surface area contributed by atoms with E-state index in [4.69, 9.17) is 10.5 Å². The second-order valence-corrected chi connectivity index (χ2v) is 4.86. The van der Waals surface area contributed by atoms with Gasteiger partial charge in [0.15, 0.2) is 0 Å². The van der Waals surface area contributed by atoms with Crippen LogP contribution >= 0.6 is 0 Å². The molecule has 20 heavy (non-hydrogen) atoms. The van der Waals surface area contributed by atoms with E-state index in [0.29, 0.717) is 18.8 Å². The Morgan fingerprint density at radius 3 is 2.95 bits per heavy atom. The van der Waals surface area contributed by atoms with Crippen molar-refractivity contribution < 1.29 is 9.53 Å². The van der Waals surface area contributed by atoms with Gasteiger partial charge in [-0.2, -0.15) is 0 Å². The highest BCUT2D eigenvalue weighted by Crippen LogP contribution is 2.14. The van der Waals surface area contributed by atoms with Gasteiger partial charge in [-0.3, -0.25) is 9.69 Å². The molecule has 5 heteroatoms. The number of rotatable bonds is 9. The Labute approximate surface area is 121 Å². The maximum atomic E-state index is 11.5. The van der Waals surface area contributed by atoms with Gasteiger partial charge in [0.2, 0.25) is 5.91 Å². The molecular weight excluding hydrogens is 254 g/mol. The molecule has 0 aliphatic carbocycles. The van der Waals surface area contributed by atoms with E-state index in [0.717, 1.165) is 31.7 Å². The molecule has 1 aromatic carbocycles. The molecule has 1 rings (SSSR count). The average Bonchev–Trinajstić information content (AvgIpc) is 2.41. The highest BCUT2D eigenvalue weighted by atomic mass is 16.5. The number of nitrogens with two attached hydrogens (primary N) is 1. The number of hydrogen-bond acceptors (Lipinski definition) is 4. The van der Waals surface area contributed by atoms with Crippen molar-refractivity contribution in [2.75, 3.05) is 39.0 Å². The quantitative estimate of drug-likeness (QED) is 0.531. The van der Waals surface area contributed by atoms with Gasteiger partial charge in [0, 0.05) is 24.8 Å². The van der Waals surface area contributed by atoms with E-state index in [1.54, 1.807) is 0 Å². The van der Waals surface area contributed by atoms with E-state index >= 15 is 0 Å². The van der Waals surface area contributed by atoms with Crippen LogP contribution in [0.5, 0.6) is 5.75 Å². The molecule has 0 aromatic heterocycles. The predicted molar refractivity (Wildman–Crippen MR) is 81.8 cm³/mol. The summed E-state index contributed by atoms with van der Waals surface area (Å²) in [6.45, 7) is 4.65. The SMILES string of the molecule is CCCNC(=O)CN(C)CCCOc1cccc(N)c1. The highest BCUT2D eigenvalue weighted by molar-refractivity contribution is 5.77. The average molecular weight is 279 g/mol. The van der Waals surface area contributed by atoms with Crippen molar-refractivity contribution in [3.8, 4) is 5.75 Å². The van der Waals surface area contributed by atoms with Crippen LogP contribution in [-0.4, -0.2) is 44.1 Å². The van der Waals surface area contributed by atoms with E-state index in [1.807, 2.05) is 43.1 Å². The molecule has 0 atom stereocenters. The smallest absolute Gasteiger partial charge is 0.234 e. The van der Waals surface area contributed by atoms with Gasteiger partial charge in [-0.1, -0.05) is 13.0 Å².